The molecule has 2 aromatic carbocycles. The van der Waals surface area contributed by atoms with Crippen LogP contribution in [0.3, 0.4) is 0 Å². The van der Waals surface area contributed by atoms with Gasteiger partial charge in [-0.1, -0.05) is 31.5 Å². The van der Waals surface area contributed by atoms with Crippen LogP contribution in [0.25, 0.3) is 6.08 Å². The molecule has 2 aliphatic rings. The quantitative estimate of drug-likeness (QED) is 0.402. The number of thioether (sulfide) groups is 1. The number of methoxy groups -OCH3 is 1. The maximum absolute atomic E-state index is 12.7. The van der Waals surface area contributed by atoms with Crippen molar-refractivity contribution in [3.05, 3.63) is 58.6 Å². The van der Waals surface area contributed by atoms with Crippen molar-refractivity contribution in [2.75, 3.05) is 20.3 Å². The lowest BCUT2D eigenvalue weighted by atomic mass is 10.1. The van der Waals surface area contributed by atoms with Crippen LogP contribution in [0.4, 0.5) is 0 Å². The lowest BCUT2D eigenvalue weighted by Gasteiger charge is -2.20. The van der Waals surface area contributed by atoms with Gasteiger partial charge in [0.15, 0.2) is 5.84 Å². The van der Waals surface area contributed by atoms with E-state index in [1.807, 2.05) is 32.0 Å². The largest absolute Gasteiger partial charge is 0.497 e. The van der Waals surface area contributed by atoms with Gasteiger partial charge in [-0.05, 0) is 48.2 Å². The molecule has 10 heteroatoms. The zero-order valence-corrected chi connectivity index (χ0v) is 20.4. The average Bonchev–Trinajstić information content (AvgIpc) is 3.25. The van der Waals surface area contributed by atoms with Gasteiger partial charge in [-0.2, -0.15) is 15.1 Å². The fourth-order valence-electron chi connectivity index (χ4n) is 3.16. The first-order valence-electron chi connectivity index (χ1n) is 10.5. The summed E-state index contributed by atoms with van der Waals surface area (Å²) in [7, 11) is 1.60. The highest BCUT2D eigenvalue weighted by molar-refractivity contribution is 8.27. The van der Waals surface area contributed by atoms with Crippen LogP contribution in [0.1, 0.15) is 19.4 Å². The predicted molar refractivity (Wildman–Crippen MR) is 135 cm³/mol. The Bertz CT molecular complexity index is 1230. The zero-order chi connectivity index (χ0) is 24.2. The molecule has 34 heavy (non-hydrogen) atoms. The molecule has 0 fully saturated rings. The molecule has 0 saturated carbocycles. The minimum Gasteiger partial charge on any atom is -0.497 e. The Morgan fingerprint density at radius 2 is 1.91 bits per heavy atom. The number of nitrogens with zero attached hydrogens (tertiary/aromatic N) is 3. The number of hydrogen-bond acceptors (Lipinski definition) is 7. The van der Waals surface area contributed by atoms with Crippen molar-refractivity contribution in [1.29, 1.82) is 5.41 Å². The second-order valence-electron chi connectivity index (χ2n) is 7.67. The summed E-state index contributed by atoms with van der Waals surface area (Å²) in [6, 6.07) is 12.4. The SMILES string of the molecule is COc1cccc(OCCOc2ccc(Cl)cc2/C=C2/C(=N)N3N=C(C(C)C)SC3=NC2=O)c1. The van der Waals surface area contributed by atoms with E-state index < -0.39 is 5.91 Å². The van der Waals surface area contributed by atoms with E-state index in [1.54, 1.807) is 37.5 Å². The molecule has 0 aromatic heterocycles. The smallest absolute Gasteiger partial charge is 0.283 e. The number of hydrazone groups is 1. The number of carbonyl (C=O) groups excluding carboxylic acids is 1. The van der Waals surface area contributed by atoms with Crippen molar-refractivity contribution in [2.45, 2.75) is 13.8 Å². The Morgan fingerprint density at radius 3 is 2.68 bits per heavy atom. The van der Waals surface area contributed by atoms with Gasteiger partial charge in [0.05, 0.1) is 12.7 Å². The van der Waals surface area contributed by atoms with E-state index in [0.717, 1.165) is 5.04 Å². The Labute approximate surface area is 206 Å². The van der Waals surface area contributed by atoms with Crippen LogP contribution in [0.15, 0.2) is 58.1 Å². The van der Waals surface area contributed by atoms with Crippen molar-refractivity contribution in [2.24, 2.45) is 16.0 Å². The summed E-state index contributed by atoms with van der Waals surface area (Å²) >= 11 is 7.50. The van der Waals surface area contributed by atoms with Gasteiger partial charge < -0.3 is 14.2 Å². The molecule has 2 aliphatic heterocycles. The molecule has 2 heterocycles. The molecule has 1 N–H and O–H groups in total. The van der Waals surface area contributed by atoms with Crippen LogP contribution in [-0.2, 0) is 4.79 Å². The molecule has 1 amide bonds. The molecule has 0 spiro atoms. The molecular weight excluding hydrogens is 476 g/mol. The van der Waals surface area contributed by atoms with Gasteiger partial charge in [-0.3, -0.25) is 10.2 Å². The maximum Gasteiger partial charge on any atom is 0.283 e. The van der Waals surface area contributed by atoms with E-state index in [4.69, 9.17) is 31.2 Å². The predicted octanol–water partition coefficient (Wildman–Crippen LogP) is 5.08. The number of nitrogens with one attached hydrogen (secondary N) is 1. The minimum atomic E-state index is -0.503. The fourth-order valence-corrected chi connectivity index (χ4v) is 4.23. The van der Waals surface area contributed by atoms with Crippen LogP contribution in [0.2, 0.25) is 5.02 Å². The van der Waals surface area contributed by atoms with E-state index >= 15 is 0 Å². The summed E-state index contributed by atoms with van der Waals surface area (Å²) in [6.45, 7) is 4.56. The van der Waals surface area contributed by atoms with Crippen molar-refractivity contribution < 1.29 is 19.0 Å². The lowest BCUT2D eigenvalue weighted by molar-refractivity contribution is -0.114. The molecule has 4 rings (SSSR count). The zero-order valence-electron chi connectivity index (χ0n) is 18.9. The maximum atomic E-state index is 12.7. The van der Waals surface area contributed by atoms with Crippen molar-refractivity contribution in [1.82, 2.24) is 5.01 Å². The first kappa shape index (κ1) is 23.8. The van der Waals surface area contributed by atoms with Crippen LogP contribution >= 0.6 is 23.4 Å². The first-order valence-corrected chi connectivity index (χ1v) is 11.7. The first-order chi connectivity index (χ1) is 16.4. The van der Waals surface area contributed by atoms with Crippen LogP contribution in [-0.4, -0.2) is 47.3 Å². The number of aliphatic imine (C=N–C) groups is 1. The molecule has 0 aliphatic carbocycles. The van der Waals surface area contributed by atoms with Crippen molar-refractivity contribution >= 4 is 51.4 Å². The minimum absolute atomic E-state index is 0.0366. The summed E-state index contributed by atoms with van der Waals surface area (Å²) < 4.78 is 16.8. The standard InChI is InChI=1S/C24H23ClN4O4S/c1-14(2)23-28-29-21(26)19(22(30)27-24(29)34-23)12-15-11-16(25)7-8-20(15)33-10-9-32-18-6-4-5-17(13-18)31-3/h4-8,11-14,26H,9-10H2,1-3H3/b19-12-,26-21?. The topological polar surface area (TPSA) is 96.6 Å². The number of benzene rings is 2. The van der Waals surface area contributed by atoms with Gasteiger partial charge in [0.2, 0.25) is 5.17 Å². The summed E-state index contributed by atoms with van der Waals surface area (Å²) in [4.78, 5) is 16.8. The number of halogens is 1. The molecule has 2 aromatic rings. The number of ether oxygens (including phenoxy) is 3. The van der Waals surface area contributed by atoms with Crippen molar-refractivity contribution in [3.8, 4) is 17.2 Å². The Kier molecular flexibility index (Phi) is 7.23. The van der Waals surface area contributed by atoms with Crippen LogP contribution < -0.4 is 14.2 Å². The van der Waals surface area contributed by atoms with Gasteiger partial charge in [0.25, 0.3) is 5.91 Å². The normalized spacial score (nSPS) is 16.5. The fraction of sp³-hybridized carbons (Fsp3) is 0.250. The van der Waals surface area contributed by atoms with Gasteiger partial charge in [-0.15, -0.1) is 0 Å². The third-order valence-electron chi connectivity index (χ3n) is 4.89. The van der Waals surface area contributed by atoms with Crippen LogP contribution in [0, 0.1) is 11.3 Å². The van der Waals surface area contributed by atoms with Gasteiger partial charge >= 0.3 is 0 Å². The average molecular weight is 499 g/mol. The van der Waals surface area contributed by atoms with Crippen molar-refractivity contribution in [3.63, 3.8) is 0 Å². The summed E-state index contributed by atoms with van der Waals surface area (Å²) in [5.74, 6) is 1.50. The second kappa shape index (κ2) is 10.3. The number of hydrogen-bond donors (Lipinski definition) is 1. The molecule has 0 bridgehead atoms. The Hall–Kier alpha value is -3.30. The highest BCUT2D eigenvalue weighted by Crippen LogP contribution is 2.32. The molecule has 0 atom stereocenters. The van der Waals surface area contributed by atoms with E-state index in [2.05, 4.69) is 10.1 Å². The van der Waals surface area contributed by atoms with Gasteiger partial charge in [-0.25, -0.2) is 0 Å². The molecule has 0 saturated heterocycles. The number of fused-ring (bicyclic) bond motifs is 1. The summed E-state index contributed by atoms with van der Waals surface area (Å²) in [5.41, 5.74) is 0.665. The third kappa shape index (κ3) is 5.26. The lowest BCUT2D eigenvalue weighted by Crippen LogP contribution is -2.35. The molecule has 8 nitrogen and oxygen atoms in total. The summed E-state index contributed by atoms with van der Waals surface area (Å²) in [6.07, 6.45) is 1.56. The van der Waals surface area contributed by atoms with E-state index in [-0.39, 0.29) is 23.9 Å². The van der Waals surface area contributed by atoms with Gasteiger partial charge in [0, 0.05) is 22.6 Å². The second-order valence-corrected chi connectivity index (χ2v) is 9.09. The molecular formula is C24H23ClN4O4S. The Morgan fingerprint density at radius 1 is 1.15 bits per heavy atom. The summed E-state index contributed by atoms with van der Waals surface area (Å²) in [5, 5.41) is 16.0. The monoisotopic (exact) mass is 498 g/mol. The van der Waals surface area contributed by atoms with E-state index in [1.165, 1.54) is 16.8 Å². The number of amides is 1. The van der Waals surface area contributed by atoms with E-state index in [0.29, 0.717) is 39.6 Å². The van der Waals surface area contributed by atoms with Crippen LogP contribution in [0.5, 0.6) is 17.2 Å². The highest BCUT2D eigenvalue weighted by Gasteiger charge is 2.36. The number of carbonyl (C=O) groups is 1. The van der Waals surface area contributed by atoms with Gasteiger partial charge in [0.1, 0.15) is 35.5 Å². The number of rotatable bonds is 8. The Balaban J connectivity index is 1.50. The number of amidine groups is 2. The highest BCUT2D eigenvalue weighted by atomic mass is 35.5. The molecule has 176 valence electrons. The molecule has 0 unspecified atom stereocenters. The third-order valence-corrected chi connectivity index (χ3v) is 6.33. The van der Waals surface area contributed by atoms with E-state index in [9.17, 15) is 4.79 Å². The molecule has 0 radical (unpaired) electrons.